The number of hydrogen-bond donors (Lipinski definition) is 0. The molecule has 2 aromatic rings. The van der Waals surface area contributed by atoms with Crippen LogP contribution in [0.15, 0.2) is 16.8 Å². The lowest BCUT2D eigenvalue weighted by molar-refractivity contribution is 0.0694. The summed E-state index contributed by atoms with van der Waals surface area (Å²) < 4.78 is 23.9. The van der Waals surface area contributed by atoms with Gasteiger partial charge in [-0.05, 0) is 51.9 Å². The van der Waals surface area contributed by atoms with E-state index in [1.54, 1.807) is 16.2 Å². The molecule has 0 aromatic carbocycles. The van der Waals surface area contributed by atoms with E-state index in [2.05, 4.69) is 9.88 Å². The van der Waals surface area contributed by atoms with E-state index < -0.39 is 9.84 Å². The maximum Gasteiger partial charge on any atom is 0.266 e. The summed E-state index contributed by atoms with van der Waals surface area (Å²) in [6, 6.07) is 1.76. The number of aromatic nitrogens is 1. The lowest BCUT2D eigenvalue weighted by Crippen LogP contribution is -2.42. The molecule has 1 saturated heterocycles. The third kappa shape index (κ3) is 4.96. The Balaban J connectivity index is 1.84. The van der Waals surface area contributed by atoms with Crippen molar-refractivity contribution in [3.8, 4) is 10.6 Å². The number of nitrogens with zero attached hydrogens (tertiary/aromatic N) is 3. The Bertz CT molecular complexity index is 888. The Kier molecular flexibility index (Phi) is 6.35. The monoisotopic (exact) mass is 427 g/mol. The standard InChI is InChI=1S/C18H25N3O3S3/c1-13-16(26-17(19-13)14-5-9-25-11-14)18(22)21(8-4-7-20(2)3)15-6-10-27(23,24)12-15/h5,9,11,15H,4,6-8,10,12H2,1-3H3. The molecule has 1 aliphatic rings. The number of thiazole rings is 1. The van der Waals surface area contributed by atoms with Crippen molar-refractivity contribution < 1.29 is 13.2 Å². The molecule has 148 valence electrons. The Hall–Kier alpha value is -1.29. The van der Waals surface area contributed by atoms with Crippen molar-refractivity contribution in [3.05, 3.63) is 27.4 Å². The minimum atomic E-state index is -3.05. The molecule has 0 spiro atoms. The van der Waals surface area contributed by atoms with Gasteiger partial charge < -0.3 is 9.80 Å². The number of thiophene rings is 1. The minimum Gasteiger partial charge on any atom is -0.334 e. The first-order chi connectivity index (χ1) is 12.8. The zero-order valence-electron chi connectivity index (χ0n) is 15.8. The zero-order chi connectivity index (χ0) is 19.6. The van der Waals surface area contributed by atoms with E-state index in [1.165, 1.54) is 11.3 Å². The van der Waals surface area contributed by atoms with Crippen LogP contribution in [0.5, 0.6) is 0 Å². The molecule has 1 amide bonds. The molecule has 0 aliphatic carbocycles. The van der Waals surface area contributed by atoms with Crippen molar-refractivity contribution in [1.82, 2.24) is 14.8 Å². The van der Waals surface area contributed by atoms with Crippen LogP contribution < -0.4 is 0 Å². The third-order valence-electron chi connectivity index (χ3n) is 4.67. The Morgan fingerprint density at radius 3 is 2.70 bits per heavy atom. The molecule has 1 unspecified atom stereocenters. The number of hydrogen-bond acceptors (Lipinski definition) is 7. The number of carbonyl (C=O) groups excluding carboxylic acids is 1. The van der Waals surface area contributed by atoms with Crippen molar-refractivity contribution >= 4 is 38.4 Å². The van der Waals surface area contributed by atoms with Gasteiger partial charge in [0.2, 0.25) is 0 Å². The largest absolute Gasteiger partial charge is 0.334 e. The van der Waals surface area contributed by atoms with E-state index >= 15 is 0 Å². The van der Waals surface area contributed by atoms with Gasteiger partial charge in [0.25, 0.3) is 5.91 Å². The minimum absolute atomic E-state index is 0.0654. The van der Waals surface area contributed by atoms with Gasteiger partial charge in [0.05, 0.1) is 17.2 Å². The Morgan fingerprint density at radius 1 is 1.33 bits per heavy atom. The van der Waals surface area contributed by atoms with Gasteiger partial charge in [-0.3, -0.25) is 4.79 Å². The van der Waals surface area contributed by atoms with Crippen LogP contribution in [0, 0.1) is 6.92 Å². The smallest absolute Gasteiger partial charge is 0.266 e. The molecule has 0 radical (unpaired) electrons. The van der Waals surface area contributed by atoms with Crippen molar-refractivity contribution in [2.75, 3.05) is 38.7 Å². The van der Waals surface area contributed by atoms with Crippen LogP contribution in [0.2, 0.25) is 0 Å². The molecular formula is C18H25N3O3S3. The van der Waals surface area contributed by atoms with Gasteiger partial charge in [0.1, 0.15) is 9.88 Å². The maximum atomic E-state index is 13.3. The summed E-state index contributed by atoms with van der Waals surface area (Å²) in [5.74, 6) is 0.139. The second kappa shape index (κ2) is 8.38. The molecule has 0 N–H and O–H groups in total. The van der Waals surface area contributed by atoms with Gasteiger partial charge in [0, 0.05) is 23.5 Å². The van der Waals surface area contributed by atoms with E-state index in [1.807, 2.05) is 37.8 Å². The first-order valence-electron chi connectivity index (χ1n) is 8.93. The fourth-order valence-electron chi connectivity index (χ4n) is 3.26. The van der Waals surface area contributed by atoms with E-state index in [9.17, 15) is 13.2 Å². The molecule has 1 atom stereocenters. The summed E-state index contributed by atoms with van der Waals surface area (Å²) in [6.45, 7) is 3.26. The molecule has 0 bridgehead atoms. The maximum absolute atomic E-state index is 13.3. The van der Waals surface area contributed by atoms with Crippen molar-refractivity contribution in [2.24, 2.45) is 0 Å². The predicted octanol–water partition coefficient (Wildman–Crippen LogP) is 2.76. The highest BCUT2D eigenvalue weighted by atomic mass is 32.2. The number of sulfone groups is 1. The van der Waals surface area contributed by atoms with E-state index in [0.29, 0.717) is 23.5 Å². The summed E-state index contributed by atoms with van der Waals surface area (Å²) in [4.78, 5) is 22.3. The number of amides is 1. The molecule has 27 heavy (non-hydrogen) atoms. The molecule has 1 fully saturated rings. The second-order valence-corrected chi connectivity index (χ2v) is 11.2. The van der Waals surface area contributed by atoms with Crippen LogP contribution in [0.3, 0.4) is 0 Å². The quantitative estimate of drug-likeness (QED) is 0.679. The lowest BCUT2D eigenvalue weighted by atomic mass is 10.2. The summed E-state index contributed by atoms with van der Waals surface area (Å²) >= 11 is 2.99. The molecule has 3 heterocycles. The van der Waals surface area contributed by atoms with Gasteiger partial charge in [-0.2, -0.15) is 11.3 Å². The first kappa shape index (κ1) is 20.4. The summed E-state index contributed by atoms with van der Waals surface area (Å²) in [6.07, 6.45) is 1.33. The average molecular weight is 428 g/mol. The van der Waals surface area contributed by atoms with Gasteiger partial charge in [-0.25, -0.2) is 13.4 Å². The molecular weight excluding hydrogens is 402 g/mol. The average Bonchev–Trinajstić information content (AvgIpc) is 3.30. The number of rotatable bonds is 7. The Labute approximate surface area is 168 Å². The van der Waals surface area contributed by atoms with E-state index in [4.69, 9.17) is 0 Å². The predicted molar refractivity (Wildman–Crippen MR) is 111 cm³/mol. The van der Waals surface area contributed by atoms with Crippen LogP contribution in [-0.2, 0) is 9.84 Å². The van der Waals surface area contributed by atoms with Crippen LogP contribution in [0.25, 0.3) is 10.6 Å². The van der Waals surface area contributed by atoms with Crippen LogP contribution in [0.4, 0.5) is 0 Å². The molecule has 9 heteroatoms. The fourth-order valence-corrected chi connectivity index (χ4v) is 6.73. The molecule has 1 aliphatic heterocycles. The SMILES string of the molecule is Cc1nc(-c2ccsc2)sc1C(=O)N(CCCN(C)C)C1CCS(=O)(=O)C1. The van der Waals surface area contributed by atoms with Crippen molar-refractivity contribution in [2.45, 2.75) is 25.8 Å². The normalized spacial score (nSPS) is 18.9. The van der Waals surface area contributed by atoms with Gasteiger partial charge in [0.15, 0.2) is 9.84 Å². The highest BCUT2D eigenvalue weighted by Crippen LogP contribution is 2.31. The van der Waals surface area contributed by atoms with Crippen LogP contribution in [-0.4, -0.2) is 73.8 Å². The fraction of sp³-hybridized carbons (Fsp3) is 0.556. The van der Waals surface area contributed by atoms with Gasteiger partial charge in [-0.1, -0.05) is 0 Å². The molecule has 6 nitrogen and oxygen atoms in total. The van der Waals surface area contributed by atoms with Gasteiger partial charge >= 0.3 is 0 Å². The van der Waals surface area contributed by atoms with E-state index in [0.717, 1.165) is 23.5 Å². The highest BCUT2D eigenvalue weighted by molar-refractivity contribution is 7.91. The highest BCUT2D eigenvalue weighted by Gasteiger charge is 2.36. The third-order valence-corrected chi connectivity index (χ3v) is 8.30. The molecule has 0 saturated carbocycles. The van der Waals surface area contributed by atoms with Crippen molar-refractivity contribution in [3.63, 3.8) is 0 Å². The summed E-state index contributed by atoms with van der Waals surface area (Å²) in [5.41, 5.74) is 1.74. The van der Waals surface area contributed by atoms with Gasteiger partial charge in [-0.15, -0.1) is 11.3 Å². The molecule has 3 rings (SSSR count). The lowest BCUT2D eigenvalue weighted by Gasteiger charge is -2.28. The topological polar surface area (TPSA) is 70.6 Å². The first-order valence-corrected chi connectivity index (χ1v) is 12.5. The number of aryl methyl sites for hydroxylation is 1. The second-order valence-electron chi connectivity index (χ2n) is 7.16. The zero-order valence-corrected chi connectivity index (χ0v) is 18.3. The van der Waals surface area contributed by atoms with Crippen LogP contribution >= 0.6 is 22.7 Å². The number of carbonyl (C=O) groups is 1. The Morgan fingerprint density at radius 2 is 2.11 bits per heavy atom. The summed E-state index contributed by atoms with van der Waals surface area (Å²) in [5, 5.41) is 4.85. The summed E-state index contributed by atoms with van der Waals surface area (Å²) in [7, 11) is 0.932. The van der Waals surface area contributed by atoms with Crippen LogP contribution in [0.1, 0.15) is 28.2 Å². The van der Waals surface area contributed by atoms with Crippen molar-refractivity contribution in [1.29, 1.82) is 0 Å². The molecule has 2 aromatic heterocycles. The van der Waals surface area contributed by atoms with E-state index in [-0.39, 0.29) is 23.5 Å².